The number of rotatable bonds is 3. The first-order chi connectivity index (χ1) is 7.77. The number of carbonyl (C=O) groups excluding carboxylic acids is 1. The Kier molecular flexibility index (Phi) is 3.51. The molecule has 6 nitrogen and oxygen atoms in total. The zero-order valence-corrected chi connectivity index (χ0v) is 9.46. The molecule has 0 radical (unpaired) electrons. The quantitative estimate of drug-likeness (QED) is 0.761. The second-order valence-electron chi connectivity index (χ2n) is 4.06. The average Bonchev–Trinajstić information content (AvgIpc) is 2.83. The Bertz CT molecular complexity index is 331. The van der Waals surface area contributed by atoms with Crippen LogP contribution in [-0.4, -0.2) is 51.8 Å². The largest absolute Gasteiger partial charge is 0.340 e. The van der Waals surface area contributed by atoms with E-state index in [-0.39, 0.29) is 11.9 Å². The summed E-state index contributed by atoms with van der Waals surface area (Å²) in [5.74, 6) is 0.199. The SMILES string of the molecule is CC(CC(=O)N1CCNCC1)n1cncn1. The molecule has 88 valence electrons. The van der Waals surface area contributed by atoms with Gasteiger partial charge in [-0.25, -0.2) is 9.67 Å². The summed E-state index contributed by atoms with van der Waals surface area (Å²) in [4.78, 5) is 17.7. The van der Waals surface area contributed by atoms with Gasteiger partial charge in [-0.2, -0.15) is 5.10 Å². The van der Waals surface area contributed by atoms with Crippen molar-refractivity contribution in [2.24, 2.45) is 0 Å². The first-order valence-electron chi connectivity index (χ1n) is 5.60. The molecule has 1 aliphatic rings. The predicted octanol–water partition coefficient (Wildman–Crippen LogP) is -0.339. The zero-order chi connectivity index (χ0) is 11.4. The van der Waals surface area contributed by atoms with Crippen LogP contribution in [0.4, 0.5) is 0 Å². The van der Waals surface area contributed by atoms with Gasteiger partial charge in [-0.15, -0.1) is 0 Å². The van der Waals surface area contributed by atoms with Gasteiger partial charge in [-0.1, -0.05) is 0 Å². The molecule has 2 heterocycles. The van der Waals surface area contributed by atoms with Gasteiger partial charge in [-0.3, -0.25) is 4.79 Å². The highest BCUT2D eigenvalue weighted by Crippen LogP contribution is 2.10. The summed E-state index contributed by atoms with van der Waals surface area (Å²) in [5.41, 5.74) is 0. The summed E-state index contributed by atoms with van der Waals surface area (Å²) >= 11 is 0. The number of hydrogen-bond donors (Lipinski definition) is 1. The van der Waals surface area contributed by atoms with Gasteiger partial charge in [0.1, 0.15) is 12.7 Å². The van der Waals surface area contributed by atoms with Crippen LogP contribution in [0.5, 0.6) is 0 Å². The van der Waals surface area contributed by atoms with E-state index in [0.29, 0.717) is 6.42 Å². The third-order valence-electron chi connectivity index (χ3n) is 2.83. The lowest BCUT2D eigenvalue weighted by molar-refractivity contribution is -0.132. The van der Waals surface area contributed by atoms with E-state index in [9.17, 15) is 4.79 Å². The van der Waals surface area contributed by atoms with Crippen LogP contribution in [0.3, 0.4) is 0 Å². The third-order valence-corrected chi connectivity index (χ3v) is 2.83. The molecule has 0 aromatic carbocycles. The maximum absolute atomic E-state index is 11.9. The molecule has 2 rings (SSSR count). The molecule has 0 spiro atoms. The van der Waals surface area contributed by atoms with E-state index in [1.54, 1.807) is 11.0 Å². The van der Waals surface area contributed by atoms with Gasteiger partial charge < -0.3 is 10.2 Å². The number of nitrogens with one attached hydrogen (secondary N) is 1. The van der Waals surface area contributed by atoms with Crippen LogP contribution in [-0.2, 0) is 4.79 Å². The molecule has 6 heteroatoms. The fourth-order valence-corrected chi connectivity index (χ4v) is 1.83. The second-order valence-corrected chi connectivity index (χ2v) is 4.06. The molecule has 1 aromatic heterocycles. The molecule has 0 aliphatic carbocycles. The molecule has 1 atom stereocenters. The van der Waals surface area contributed by atoms with Crippen molar-refractivity contribution in [1.82, 2.24) is 25.0 Å². The van der Waals surface area contributed by atoms with Crippen LogP contribution in [0.2, 0.25) is 0 Å². The van der Waals surface area contributed by atoms with Crippen LogP contribution < -0.4 is 5.32 Å². The molecule has 1 N–H and O–H groups in total. The van der Waals surface area contributed by atoms with E-state index in [0.717, 1.165) is 26.2 Å². The minimum atomic E-state index is 0.0740. The first kappa shape index (κ1) is 11.1. The highest BCUT2D eigenvalue weighted by atomic mass is 16.2. The number of piperazine rings is 1. The Morgan fingerprint density at radius 2 is 2.25 bits per heavy atom. The lowest BCUT2D eigenvalue weighted by Crippen LogP contribution is -2.46. The number of amides is 1. The van der Waals surface area contributed by atoms with E-state index in [1.165, 1.54) is 6.33 Å². The fourth-order valence-electron chi connectivity index (χ4n) is 1.83. The number of carbonyl (C=O) groups is 1. The normalized spacial score (nSPS) is 18.4. The fraction of sp³-hybridized carbons (Fsp3) is 0.700. The van der Waals surface area contributed by atoms with Crippen molar-refractivity contribution in [3.05, 3.63) is 12.7 Å². The zero-order valence-electron chi connectivity index (χ0n) is 9.46. The topological polar surface area (TPSA) is 63.1 Å². The van der Waals surface area contributed by atoms with E-state index >= 15 is 0 Å². The standard InChI is InChI=1S/C10H17N5O/c1-9(15-8-12-7-13-15)6-10(16)14-4-2-11-3-5-14/h7-9,11H,2-6H2,1H3. The first-order valence-corrected chi connectivity index (χ1v) is 5.60. The Morgan fingerprint density at radius 3 is 2.88 bits per heavy atom. The summed E-state index contributed by atoms with van der Waals surface area (Å²) < 4.78 is 1.72. The highest BCUT2D eigenvalue weighted by molar-refractivity contribution is 5.76. The van der Waals surface area contributed by atoms with Gasteiger partial charge in [0.15, 0.2) is 0 Å². The van der Waals surface area contributed by atoms with Crippen molar-refractivity contribution in [2.45, 2.75) is 19.4 Å². The second kappa shape index (κ2) is 5.07. The molecule has 1 aliphatic heterocycles. The van der Waals surface area contributed by atoms with Gasteiger partial charge in [-0.05, 0) is 6.92 Å². The van der Waals surface area contributed by atoms with Crippen LogP contribution in [0.1, 0.15) is 19.4 Å². The van der Waals surface area contributed by atoms with Gasteiger partial charge in [0.2, 0.25) is 5.91 Å². The molecular weight excluding hydrogens is 206 g/mol. The van der Waals surface area contributed by atoms with Crippen molar-refractivity contribution in [3.63, 3.8) is 0 Å². The van der Waals surface area contributed by atoms with E-state index in [1.807, 2.05) is 11.8 Å². The summed E-state index contributed by atoms with van der Waals surface area (Å²) in [6.07, 6.45) is 3.63. The maximum atomic E-state index is 11.9. The minimum Gasteiger partial charge on any atom is -0.340 e. The molecule has 1 saturated heterocycles. The van der Waals surface area contributed by atoms with Crippen molar-refractivity contribution < 1.29 is 4.79 Å². The van der Waals surface area contributed by atoms with Crippen LogP contribution >= 0.6 is 0 Å². The summed E-state index contributed by atoms with van der Waals surface area (Å²) in [6.45, 7) is 5.38. The van der Waals surface area contributed by atoms with Crippen molar-refractivity contribution in [2.75, 3.05) is 26.2 Å². The van der Waals surface area contributed by atoms with E-state index < -0.39 is 0 Å². The molecular formula is C10H17N5O. The molecule has 16 heavy (non-hydrogen) atoms. The van der Waals surface area contributed by atoms with Crippen molar-refractivity contribution in [3.8, 4) is 0 Å². The van der Waals surface area contributed by atoms with Crippen molar-refractivity contribution >= 4 is 5.91 Å². The smallest absolute Gasteiger partial charge is 0.224 e. The Balaban J connectivity index is 1.86. The van der Waals surface area contributed by atoms with Gasteiger partial charge in [0.25, 0.3) is 0 Å². The Labute approximate surface area is 94.6 Å². The lowest BCUT2D eigenvalue weighted by atomic mass is 10.2. The highest BCUT2D eigenvalue weighted by Gasteiger charge is 2.19. The molecule has 1 amide bonds. The molecule has 1 unspecified atom stereocenters. The number of aromatic nitrogens is 3. The summed E-state index contributed by atoms with van der Waals surface area (Å²) in [7, 11) is 0. The number of hydrogen-bond acceptors (Lipinski definition) is 4. The monoisotopic (exact) mass is 223 g/mol. The predicted molar refractivity (Wildman–Crippen MR) is 58.8 cm³/mol. The summed E-state index contributed by atoms with van der Waals surface area (Å²) in [6, 6.07) is 0.0740. The molecule has 1 fully saturated rings. The Hall–Kier alpha value is -1.43. The Morgan fingerprint density at radius 1 is 1.50 bits per heavy atom. The minimum absolute atomic E-state index is 0.0740. The molecule has 0 bridgehead atoms. The summed E-state index contributed by atoms with van der Waals surface area (Å²) in [5, 5.41) is 7.27. The van der Waals surface area contributed by atoms with E-state index in [4.69, 9.17) is 0 Å². The molecule has 0 saturated carbocycles. The van der Waals surface area contributed by atoms with Crippen LogP contribution in [0.25, 0.3) is 0 Å². The number of nitrogens with zero attached hydrogens (tertiary/aromatic N) is 4. The lowest BCUT2D eigenvalue weighted by Gasteiger charge is -2.28. The molecule has 1 aromatic rings. The van der Waals surface area contributed by atoms with Gasteiger partial charge in [0.05, 0.1) is 6.04 Å². The van der Waals surface area contributed by atoms with Crippen LogP contribution in [0, 0.1) is 0 Å². The third kappa shape index (κ3) is 2.57. The average molecular weight is 223 g/mol. The maximum Gasteiger partial charge on any atom is 0.224 e. The van der Waals surface area contributed by atoms with E-state index in [2.05, 4.69) is 15.4 Å². The van der Waals surface area contributed by atoms with Gasteiger partial charge >= 0.3 is 0 Å². The van der Waals surface area contributed by atoms with Crippen molar-refractivity contribution in [1.29, 1.82) is 0 Å². The van der Waals surface area contributed by atoms with Crippen LogP contribution in [0.15, 0.2) is 12.7 Å². The van der Waals surface area contributed by atoms with Gasteiger partial charge in [0, 0.05) is 32.6 Å².